The third kappa shape index (κ3) is 6.13. The van der Waals surface area contributed by atoms with Crippen molar-refractivity contribution in [1.29, 1.82) is 0 Å². The maximum absolute atomic E-state index is 12.5. The van der Waals surface area contributed by atoms with Gasteiger partial charge in [-0.1, -0.05) is 44.7 Å². The molecular formula is C19H25N3O6S. The summed E-state index contributed by atoms with van der Waals surface area (Å²) in [5.41, 5.74) is -0.214. The highest BCUT2D eigenvalue weighted by atomic mass is 32.2. The van der Waals surface area contributed by atoms with E-state index < -0.39 is 32.9 Å². The Bertz CT molecular complexity index is 954. The van der Waals surface area contributed by atoms with Crippen LogP contribution in [0, 0.1) is 0 Å². The number of imidazole rings is 1. The summed E-state index contributed by atoms with van der Waals surface area (Å²) in [5.74, 6) is -1.02. The van der Waals surface area contributed by atoms with Crippen molar-refractivity contribution in [2.24, 2.45) is 0 Å². The lowest BCUT2D eigenvalue weighted by molar-refractivity contribution is -0.144. The summed E-state index contributed by atoms with van der Waals surface area (Å²) < 4.78 is 38.6. The lowest BCUT2D eigenvalue weighted by Gasteiger charge is -2.15. The number of aromatic nitrogens is 2. The van der Waals surface area contributed by atoms with Crippen molar-refractivity contribution in [1.82, 2.24) is 9.55 Å². The molecule has 2 aromatic rings. The van der Waals surface area contributed by atoms with Crippen molar-refractivity contribution >= 4 is 27.8 Å². The van der Waals surface area contributed by atoms with E-state index in [-0.39, 0.29) is 11.4 Å². The van der Waals surface area contributed by atoms with Gasteiger partial charge in [0.2, 0.25) is 0 Å². The smallest absolute Gasteiger partial charge is 0.328 e. The summed E-state index contributed by atoms with van der Waals surface area (Å²) in [6.45, 7) is 2.10. The van der Waals surface area contributed by atoms with E-state index in [2.05, 4.69) is 17.2 Å². The fourth-order valence-corrected chi connectivity index (χ4v) is 3.61. The van der Waals surface area contributed by atoms with Gasteiger partial charge in [0, 0.05) is 6.20 Å². The van der Waals surface area contributed by atoms with Crippen LogP contribution in [-0.2, 0) is 19.6 Å². The van der Waals surface area contributed by atoms with Gasteiger partial charge < -0.3 is 14.6 Å². The molecule has 0 aliphatic heterocycles. The summed E-state index contributed by atoms with van der Waals surface area (Å²) in [4.78, 5) is 28.2. The van der Waals surface area contributed by atoms with Gasteiger partial charge >= 0.3 is 5.97 Å². The van der Waals surface area contributed by atoms with Crippen LogP contribution in [0.15, 0.2) is 41.7 Å². The Morgan fingerprint density at radius 3 is 2.62 bits per heavy atom. The van der Waals surface area contributed by atoms with E-state index in [0.717, 1.165) is 31.7 Å². The average molecular weight is 423 g/mol. The fraction of sp³-hybridized carbons (Fsp3) is 0.421. The minimum absolute atomic E-state index is 0.141. The lowest BCUT2D eigenvalue weighted by atomic mass is 10.1. The van der Waals surface area contributed by atoms with Crippen molar-refractivity contribution in [3.8, 4) is 0 Å². The number of benzene rings is 1. The molecule has 1 aromatic carbocycles. The Labute approximate surface area is 169 Å². The molecule has 10 heteroatoms. The molecule has 0 bridgehead atoms. The number of anilines is 1. The molecule has 0 saturated carbocycles. The van der Waals surface area contributed by atoms with Crippen LogP contribution in [0.1, 0.15) is 55.4 Å². The second-order valence-electron chi connectivity index (χ2n) is 6.52. The maximum Gasteiger partial charge on any atom is 0.328 e. The number of rotatable bonds is 10. The van der Waals surface area contributed by atoms with Crippen molar-refractivity contribution in [3.05, 3.63) is 42.4 Å². The highest BCUT2D eigenvalue weighted by Crippen LogP contribution is 2.21. The molecule has 158 valence electrons. The molecule has 1 aromatic heterocycles. The Morgan fingerprint density at radius 1 is 1.24 bits per heavy atom. The summed E-state index contributed by atoms with van der Waals surface area (Å²) in [7, 11) is -3.24. The number of nitrogens with one attached hydrogen (secondary N) is 1. The van der Waals surface area contributed by atoms with E-state index in [1.807, 2.05) is 0 Å². The molecule has 0 aliphatic carbocycles. The molecular weight excluding hydrogens is 398 g/mol. The highest BCUT2D eigenvalue weighted by Gasteiger charge is 2.23. The standard InChI is InChI=1S/C19H25N3O6S/c1-3-4-5-6-10-15(19(24)28-2)22-12-17(20-13-22)21-18(23)14-9-7-8-11-16(14)29(25,26)27/h7-9,11-13,15H,3-6,10H2,1-2H3,(H,21,23)(H,25,26,27)/t15-/m1/s1. The first-order valence-corrected chi connectivity index (χ1v) is 10.7. The molecule has 0 fully saturated rings. The summed E-state index contributed by atoms with van der Waals surface area (Å²) in [6.07, 6.45) is 7.45. The number of hydrogen-bond acceptors (Lipinski definition) is 6. The quantitative estimate of drug-likeness (QED) is 0.341. The number of unbranched alkanes of at least 4 members (excludes halogenated alkanes) is 3. The monoisotopic (exact) mass is 423 g/mol. The van der Waals surface area contributed by atoms with E-state index in [0.29, 0.717) is 6.42 Å². The van der Waals surface area contributed by atoms with Crippen LogP contribution >= 0.6 is 0 Å². The number of carbonyl (C=O) groups excluding carboxylic acids is 2. The first kappa shape index (κ1) is 22.6. The molecule has 0 spiro atoms. The predicted octanol–water partition coefficient (Wildman–Crippen LogP) is 3.07. The molecule has 1 atom stereocenters. The third-order valence-corrected chi connectivity index (χ3v) is 5.33. The Balaban J connectivity index is 2.16. The topological polar surface area (TPSA) is 128 Å². The van der Waals surface area contributed by atoms with Gasteiger partial charge in [0.25, 0.3) is 16.0 Å². The van der Waals surface area contributed by atoms with Gasteiger partial charge in [0.15, 0.2) is 5.82 Å². The van der Waals surface area contributed by atoms with Gasteiger partial charge in [-0.15, -0.1) is 0 Å². The Kier molecular flexibility index (Phi) is 7.91. The van der Waals surface area contributed by atoms with E-state index >= 15 is 0 Å². The zero-order valence-electron chi connectivity index (χ0n) is 16.4. The van der Waals surface area contributed by atoms with E-state index in [1.165, 1.54) is 37.8 Å². The van der Waals surface area contributed by atoms with Crippen LogP contribution in [0.4, 0.5) is 5.82 Å². The number of hydrogen-bond donors (Lipinski definition) is 2. The minimum atomic E-state index is -4.56. The minimum Gasteiger partial charge on any atom is -0.467 e. The Hall–Kier alpha value is -2.72. The molecule has 0 saturated heterocycles. The zero-order chi connectivity index (χ0) is 21.4. The van der Waals surface area contributed by atoms with Gasteiger partial charge in [0.05, 0.1) is 19.0 Å². The number of esters is 1. The number of amides is 1. The molecule has 2 N–H and O–H groups in total. The third-order valence-electron chi connectivity index (χ3n) is 4.42. The molecule has 0 unspecified atom stereocenters. The number of nitrogens with zero attached hydrogens (tertiary/aromatic N) is 2. The summed E-state index contributed by atoms with van der Waals surface area (Å²) >= 11 is 0. The normalized spacial score (nSPS) is 12.4. The molecule has 9 nitrogen and oxygen atoms in total. The molecule has 2 rings (SSSR count). The second-order valence-corrected chi connectivity index (χ2v) is 7.91. The van der Waals surface area contributed by atoms with Gasteiger partial charge in [-0.2, -0.15) is 8.42 Å². The SMILES string of the molecule is CCCCCC[C@H](C(=O)OC)n1cnc(NC(=O)c2ccccc2S(=O)(=O)O)c1. The van der Waals surface area contributed by atoms with Crippen molar-refractivity contribution in [3.63, 3.8) is 0 Å². The predicted molar refractivity (Wildman–Crippen MR) is 106 cm³/mol. The van der Waals surface area contributed by atoms with Crippen LogP contribution in [0.3, 0.4) is 0 Å². The first-order chi connectivity index (χ1) is 13.8. The number of ether oxygens (including phenoxy) is 1. The van der Waals surface area contributed by atoms with E-state index in [4.69, 9.17) is 4.74 Å². The summed E-state index contributed by atoms with van der Waals surface area (Å²) in [6, 6.07) is 4.72. The van der Waals surface area contributed by atoms with Gasteiger partial charge in [-0.05, 0) is 18.6 Å². The number of methoxy groups -OCH3 is 1. The highest BCUT2D eigenvalue weighted by molar-refractivity contribution is 7.86. The lowest BCUT2D eigenvalue weighted by Crippen LogP contribution is -2.20. The molecule has 29 heavy (non-hydrogen) atoms. The van der Waals surface area contributed by atoms with Crippen LogP contribution in [-0.4, -0.2) is 41.5 Å². The maximum atomic E-state index is 12.5. The number of carbonyl (C=O) groups is 2. The van der Waals surface area contributed by atoms with Crippen LogP contribution in [0.25, 0.3) is 0 Å². The first-order valence-electron chi connectivity index (χ1n) is 9.27. The van der Waals surface area contributed by atoms with Gasteiger partial charge in [-0.3, -0.25) is 9.35 Å². The van der Waals surface area contributed by atoms with Crippen molar-refractivity contribution < 1.29 is 27.3 Å². The Morgan fingerprint density at radius 2 is 1.97 bits per heavy atom. The largest absolute Gasteiger partial charge is 0.467 e. The average Bonchev–Trinajstić information content (AvgIpc) is 3.14. The molecule has 0 aliphatic rings. The fourth-order valence-electron chi connectivity index (χ4n) is 2.92. The van der Waals surface area contributed by atoms with E-state index in [1.54, 1.807) is 4.57 Å². The molecule has 1 amide bonds. The van der Waals surface area contributed by atoms with Crippen LogP contribution < -0.4 is 5.32 Å². The van der Waals surface area contributed by atoms with Crippen molar-refractivity contribution in [2.45, 2.75) is 50.0 Å². The second kappa shape index (κ2) is 10.2. The molecule has 1 heterocycles. The van der Waals surface area contributed by atoms with Gasteiger partial charge in [0.1, 0.15) is 10.9 Å². The molecule has 0 radical (unpaired) electrons. The van der Waals surface area contributed by atoms with E-state index in [9.17, 15) is 22.6 Å². The zero-order valence-corrected chi connectivity index (χ0v) is 17.2. The van der Waals surface area contributed by atoms with Crippen molar-refractivity contribution in [2.75, 3.05) is 12.4 Å². The summed E-state index contributed by atoms with van der Waals surface area (Å²) in [5, 5.41) is 2.48. The van der Waals surface area contributed by atoms with Gasteiger partial charge in [-0.25, -0.2) is 9.78 Å². The van der Waals surface area contributed by atoms with Crippen LogP contribution in [0.2, 0.25) is 0 Å². The van der Waals surface area contributed by atoms with Crippen LogP contribution in [0.5, 0.6) is 0 Å².